The summed E-state index contributed by atoms with van der Waals surface area (Å²) in [5.41, 5.74) is 0. The van der Waals surface area contributed by atoms with E-state index in [9.17, 15) is 16.8 Å². The average Bonchev–Trinajstić information content (AvgIpc) is 2.28. The molecular formula is C5H12N2O4S2. The summed E-state index contributed by atoms with van der Waals surface area (Å²) in [7, 11) is -7.23. The molecule has 1 aliphatic carbocycles. The van der Waals surface area contributed by atoms with Crippen LogP contribution in [0.1, 0.15) is 19.3 Å². The lowest BCUT2D eigenvalue weighted by molar-refractivity contribution is 0.577. The molecule has 1 aliphatic rings. The molecular weight excluding hydrogens is 216 g/mol. The van der Waals surface area contributed by atoms with Crippen LogP contribution in [0, 0.1) is 0 Å². The minimum absolute atomic E-state index is 0.0255. The molecule has 1 saturated carbocycles. The molecule has 0 aromatic carbocycles. The summed E-state index contributed by atoms with van der Waals surface area (Å²) in [6, 6.07) is 0. The van der Waals surface area contributed by atoms with E-state index >= 15 is 0 Å². The van der Waals surface area contributed by atoms with Gasteiger partial charge in [0.05, 0.1) is 10.5 Å². The summed E-state index contributed by atoms with van der Waals surface area (Å²) in [6.07, 6.45) is 0.581. The minimum atomic E-state index is -3.62. The van der Waals surface area contributed by atoms with Crippen LogP contribution in [0.5, 0.6) is 0 Å². The molecule has 2 atom stereocenters. The molecule has 4 N–H and O–H groups in total. The molecule has 1 fully saturated rings. The van der Waals surface area contributed by atoms with Gasteiger partial charge in [0.2, 0.25) is 20.0 Å². The van der Waals surface area contributed by atoms with Gasteiger partial charge in [-0.1, -0.05) is 0 Å². The zero-order valence-corrected chi connectivity index (χ0v) is 8.51. The number of sulfonamides is 2. The molecule has 2 unspecified atom stereocenters. The van der Waals surface area contributed by atoms with Crippen LogP contribution in [0.4, 0.5) is 0 Å². The number of nitrogens with two attached hydrogens (primary N) is 2. The van der Waals surface area contributed by atoms with E-state index in [-0.39, 0.29) is 19.3 Å². The zero-order chi connectivity index (χ0) is 10.3. The van der Waals surface area contributed by atoms with Gasteiger partial charge in [0.25, 0.3) is 0 Å². The van der Waals surface area contributed by atoms with Crippen molar-refractivity contribution in [1.82, 2.24) is 0 Å². The largest absolute Gasteiger partial charge is 0.228 e. The predicted octanol–water partition coefficient (Wildman–Crippen LogP) is -1.52. The summed E-state index contributed by atoms with van der Waals surface area (Å²) >= 11 is 0. The molecule has 0 radical (unpaired) electrons. The molecule has 1 rings (SSSR count). The highest BCUT2D eigenvalue weighted by Crippen LogP contribution is 2.27. The number of rotatable bonds is 2. The first kappa shape index (κ1) is 10.9. The molecule has 8 heteroatoms. The van der Waals surface area contributed by atoms with Crippen LogP contribution < -0.4 is 10.3 Å². The van der Waals surface area contributed by atoms with E-state index in [1.807, 2.05) is 0 Å². The Labute approximate surface area is 77.4 Å². The predicted molar refractivity (Wildman–Crippen MR) is 47.6 cm³/mol. The van der Waals surface area contributed by atoms with Crippen molar-refractivity contribution in [3.8, 4) is 0 Å². The Morgan fingerprint density at radius 3 is 1.31 bits per heavy atom. The minimum Gasteiger partial charge on any atom is -0.228 e. The lowest BCUT2D eigenvalue weighted by Crippen LogP contribution is -2.30. The molecule has 6 nitrogen and oxygen atoms in total. The van der Waals surface area contributed by atoms with Gasteiger partial charge in [0.15, 0.2) is 0 Å². The fraction of sp³-hybridized carbons (Fsp3) is 1.00. The Morgan fingerprint density at radius 2 is 1.15 bits per heavy atom. The fourth-order valence-electron chi connectivity index (χ4n) is 1.50. The highest BCUT2D eigenvalue weighted by atomic mass is 32.2. The normalized spacial score (nSPS) is 30.6. The third kappa shape index (κ3) is 2.63. The second-order valence-electron chi connectivity index (χ2n) is 3.24. The van der Waals surface area contributed by atoms with Gasteiger partial charge in [0, 0.05) is 0 Å². The van der Waals surface area contributed by atoms with Crippen molar-refractivity contribution in [1.29, 1.82) is 0 Å². The maximum absolute atomic E-state index is 10.8. The fourth-order valence-corrected chi connectivity index (χ4v) is 3.55. The van der Waals surface area contributed by atoms with Gasteiger partial charge in [-0.25, -0.2) is 27.1 Å². The van der Waals surface area contributed by atoms with E-state index in [2.05, 4.69) is 0 Å². The highest BCUT2D eigenvalue weighted by molar-refractivity contribution is 7.90. The average molecular weight is 228 g/mol. The van der Waals surface area contributed by atoms with E-state index in [4.69, 9.17) is 10.3 Å². The maximum Gasteiger partial charge on any atom is 0.212 e. The number of hydrogen-bond donors (Lipinski definition) is 2. The molecule has 0 aliphatic heterocycles. The first-order valence-electron chi connectivity index (χ1n) is 3.74. The monoisotopic (exact) mass is 228 g/mol. The van der Waals surface area contributed by atoms with Crippen molar-refractivity contribution in [2.24, 2.45) is 10.3 Å². The topological polar surface area (TPSA) is 120 Å². The van der Waals surface area contributed by atoms with Crippen molar-refractivity contribution >= 4 is 20.0 Å². The lowest BCUT2D eigenvalue weighted by atomic mass is 10.4. The zero-order valence-electron chi connectivity index (χ0n) is 6.88. The van der Waals surface area contributed by atoms with Crippen LogP contribution in [-0.2, 0) is 20.0 Å². The lowest BCUT2D eigenvalue weighted by Gasteiger charge is -2.06. The Hall–Kier alpha value is -0.180. The molecule has 13 heavy (non-hydrogen) atoms. The third-order valence-corrected chi connectivity index (χ3v) is 4.98. The molecule has 0 aromatic rings. The van der Waals surface area contributed by atoms with Crippen LogP contribution >= 0.6 is 0 Å². The van der Waals surface area contributed by atoms with E-state index < -0.39 is 30.5 Å². The molecule has 0 amide bonds. The molecule has 78 valence electrons. The standard InChI is InChI=1S/C5H12N2O4S2/c6-12(8,9)4-1-2-5(3-4)13(7,10)11/h4-5H,1-3H2,(H2,6,8,9)(H2,7,10,11). The van der Waals surface area contributed by atoms with Crippen molar-refractivity contribution in [2.45, 2.75) is 29.8 Å². The Balaban J connectivity index is 2.77. The molecule has 0 spiro atoms. The Morgan fingerprint density at radius 1 is 0.846 bits per heavy atom. The SMILES string of the molecule is NS(=O)(=O)C1CCC(S(N)(=O)=O)C1. The molecule has 0 saturated heterocycles. The van der Waals surface area contributed by atoms with Crippen LogP contribution in [0.2, 0.25) is 0 Å². The van der Waals surface area contributed by atoms with Gasteiger partial charge in [-0.3, -0.25) is 0 Å². The maximum atomic E-state index is 10.8. The van der Waals surface area contributed by atoms with Crippen LogP contribution in [0.15, 0.2) is 0 Å². The first-order chi connectivity index (χ1) is 5.71. The van der Waals surface area contributed by atoms with Crippen LogP contribution in [0.25, 0.3) is 0 Å². The van der Waals surface area contributed by atoms with E-state index in [0.29, 0.717) is 0 Å². The summed E-state index contributed by atoms with van der Waals surface area (Å²) < 4.78 is 43.4. The van der Waals surface area contributed by atoms with Gasteiger partial charge >= 0.3 is 0 Å². The van der Waals surface area contributed by atoms with Gasteiger partial charge in [-0.05, 0) is 19.3 Å². The van der Waals surface area contributed by atoms with E-state index in [0.717, 1.165) is 0 Å². The van der Waals surface area contributed by atoms with Crippen LogP contribution in [-0.4, -0.2) is 27.3 Å². The van der Waals surface area contributed by atoms with Crippen molar-refractivity contribution in [3.05, 3.63) is 0 Å². The van der Waals surface area contributed by atoms with Crippen molar-refractivity contribution < 1.29 is 16.8 Å². The smallest absolute Gasteiger partial charge is 0.212 e. The second kappa shape index (κ2) is 3.19. The summed E-state index contributed by atoms with van der Waals surface area (Å²) in [5.74, 6) is 0. The number of hydrogen-bond acceptors (Lipinski definition) is 4. The van der Waals surface area contributed by atoms with Gasteiger partial charge in [0.1, 0.15) is 0 Å². The van der Waals surface area contributed by atoms with Gasteiger partial charge < -0.3 is 0 Å². The Bertz CT molecular complexity index is 347. The summed E-state index contributed by atoms with van der Waals surface area (Å²) in [4.78, 5) is 0. The highest BCUT2D eigenvalue weighted by Gasteiger charge is 2.37. The van der Waals surface area contributed by atoms with Gasteiger partial charge in [-0.2, -0.15) is 0 Å². The summed E-state index contributed by atoms with van der Waals surface area (Å²) in [5, 5.41) is 8.26. The first-order valence-corrected chi connectivity index (χ1v) is 6.96. The molecule has 0 bridgehead atoms. The quantitative estimate of drug-likeness (QED) is 0.596. The molecule has 0 aromatic heterocycles. The van der Waals surface area contributed by atoms with Crippen molar-refractivity contribution in [2.75, 3.05) is 0 Å². The van der Waals surface area contributed by atoms with E-state index in [1.165, 1.54) is 0 Å². The molecule has 0 heterocycles. The third-order valence-electron chi connectivity index (χ3n) is 2.27. The Kier molecular flexibility index (Phi) is 2.68. The second-order valence-corrected chi connectivity index (χ2v) is 6.92. The van der Waals surface area contributed by atoms with Crippen molar-refractivity contribution in [3.63, 3.8) is 0 Å². The van der Waals surface area contributed by atoms with Crippen LogP contribution in [0.3, 0.4) is 0 Å². The van der Waals surface area contributed by atoms with E-state index in [1.54, 1.807) is 0 Å². The number of primary sulfonamides is 2. The van der Waals surface area contributed by atoms with Gasteiger partial charge in [-0.15, -0.1) is 0 Å². The summed E-state index contributed by atoms with van der Waals surface area (Å²) in [6.45, 7) is 0.